The summed E-state index contributed by atoms with van der Waals surface area (Å²) in [5, 5.41) is 17.4. The number of benzene rings is 1. The highest BCUT2D eigenvalue weighted by Crippen LogP contribution is 2.14. The Balaban J connectivity index is 3.22. The van der Waals surface area contributed by atoms with Gasteiger partial charge in [-0.2, -0.15) is 5.26 Å². The van der Waals surface area contributed by atoms with Crippen molar-refractivity contribution < 1.29 is 14.7 Å². The molecule has 0 aliphatic heterocycles. The topological polar surface area (TPSA) is 104 Å². The van der Waals surface area contributed by atoms with E-state index in [-0.39, 0.29) is 11.5 Å². The summed E-state index contributed by atoms with van der Waals surface area (Å²) in [6, 6.07) is 7.60. The number of carboxylic acid groups (broad SMARTS) is 1. The van der Waals surface area contributed by atoms with Crippen LogP contribution < -0.4 is 5.73 Å². The number of carboxylic acids is 1. The van der Waals surface area contributed by atoms with Crippen LogP contribution in [-0.2, 0) is 4.79 Å². The highest BCUT2D eigenvalue weighted by atomic mass is 16.4. The molecule has 0 aliphatic carbocycles. The lowest BCUT2D eigenvalue weighted by Crippen LogP contribution is -2.08. The number of carbonyl (C=O) groups excluding carboxylic acids is 1. The fraction of sp³-hybridized carbons (Fsp3) is 0.0833. The molecule has 0 aliphatic rings. The van der Waals surface area contributed by atoms with Gasteiger partial charge in [0.05, 0.1) is 5.70 Å². The fourth-order valence-corrected chi connectivity index (χ4v) is 1.25. The van der Waals surface area contributed by atoms with Crippen LogP contribution in [0.15, 0.2) is 29.8 Å². The molecule has 17 heavy (non-hydrogen) atoms. The maximum atomic E-state index is 11.0. The predicted molar refractivity (Wildman–Crippen MR) is 60.8 cm³/mol. The first kappa shape index (κ1) is 12.5. The number of nitrogens with two attached hydrogens (primary N) is 1. The van der Waals surface area contributed by atoms with Crippen LogP contribution in [0.2, 0.25) is 0 Å². The summed E-state index contributed by atoms with van der Waals surface area (Å²) >= 11 is 0. The molecule has 0 radical (unpaired) electrons. The Morgan fingerprint density at radius 2 is 1.71 bits per heavy atom. The molecule has 0 amide bonds. The molecule has 0 unspecified atom stereocenters. The van der Waals surface area contributed by atoms with E-state index in [9.17, 15) is 9.59 Å². The number of carbonyl (C=O) groups is 2. The van der Waals surface area contributed by atoms with Crippen molar-refractivity contribution in [2.75, 3.05) is 0 Å². The van der Waals surface area contributed by atoms with Crippen molar-refractivity contribution in [3.05, 3.63) is 41.0 Å². The maximum Gasteiger partial charge on any atom is 0.348 e. The Kier molecular flexibility index (Phi) is 3.62. The van der Waals surface area contributed by atoms with Gasteiger partial charge in [-0.25, -0.2) is 4.79 Å². The average molecular weight is 230 g/mol. The quantitative estimate of drug-likeness (QED) is 0.460. The molecule has 1 rings (SSSR count). The van der Waals surface area contributed by atoms with Crippen molar-refractivity contribution in [3.63, 3.8) is 0 Å². The zero-order chi connectivity index (χ0) is 13.0. The molecule has 5 heteroatoms. The molecule has 1 aromatic rings. The molecular weight excluding hydrogens is 220 g/mol. The molecule has 0 aromatic heterocycles. The Labute approximate surface area is 97.8 Å². The van der Waals surface area contributed by atoms with E-state index < -0.39 is 11.5 Å². The van der Waals surface area contributed by atoms with Gasteiger partial charge < -0.3 is 10.8 Å². The molecule has 0 heterocycles. The van der Waals surface area contributed by atoms with Gasteiger partial charge >= 0.3 is 5.97 Å². The molecule has 0 spiro atoms. The molecule has 1 aromatic carbocycles. The number of aliphatic carboxylic acids is 1. The predicted octanol–water partition coefficient (Wildman–Crippen LogP) is 1.17. The van der Waals surface area contributed by atoms with E-state index >= 15 is 0 Å². The Morgan fingerprint density at radius 3 is 2.06 bits per heavy atom. The van der Waals surface area contributed by atoms with E-state index in [1.54, 1.807) is 0 Å². The Bertz CT molecular complexity index is 536. The Morgan fingerprint density at radius 1 is 1.24 bits per heavy atom. The second-order valence-electron chi connectivity index (χ2n) is 3.34. The van der Waals surface area contributed by atoms with Crippen molar-refractivity contribution in [1.82, 2.24) is 0 Å². The SMILES string of the molecule is CC(=O)c1ccc(C(N)=C(C#N)C(=O)O)cc1. The molecule has 0 bridgehead atoms. The molecule has 0 fully saturated rings. The van der Waals surface area contributed by atoms with Gasteiger partial charge in [-0.05, 0) is 12.5 Å². The van der Waals surface area contributed by atoms with Gasteiger partial charge in [0.15, 0.2) is 11.4 Å². The van der Waals surface area contributed by atoms with E-state index in [0.717, 1.165) is 0 Å². The van der Waals surface area contributed by atoms with Gasteiger partial charge in [-0.3, -0.25) is 4.79 Å². The first-order valence-electron chi connectivity index (χ1n) is 4.72. The minimum atomic E-state index is -1.37. The molecule has 0 saturated heterocycles. The minimum Gasteiger partial charge on any atom is -0.477 e. The van der Waals surface area contributed by atoms with Crippen LogP contribution >= 0.6 is 0 Å². The van der Waals surface area contributed by atoms with E-state index in [4.69, 9.17) is 16.1 Å². The fourth-order valence-electron chi connectivity index (χ4n) is 1.25. The summed E-state index contributed by atoms with van der Waals surface area (Å²) in [6.45, 7) is 1.42. The highest BCUT2D eigenvalue weighted by Gasteiger charge is 2.13. The molecule has 0 atom stereocenters. The summed E-state index contributed by atoms with van der Waals surface area (Å²) in [5.74, 6) is -1.47. The molecule has 5 nitrogen and oxygen atoms in total. The van der Waals surface area contributed by atoms with Gasteiger partial charge in [0.2, 0.25) is 0 Å². The molecule has 3 N–H and O–H groups in total. The van der Waals surface area contributed by atoms with Crippen molar-refractivity contribution in [2.24, 2.45) is 5.73 Å². The minimum absolute atomic E-state index is 0.0992. The lowest BCUT2D eigenvalue weighted by Gasteiger charge is -2.03. The van der Waals surface area contributed by atoms with Gasteiger partial charge in [0.25, 0.3) is 0 Å². The van der Waals surface area contributed by atoms with Crippen molar-refractivity contribution >= 4 is 17.4 Å². The van der Waals surface area contributed by atoms with Crippen LogP contribution in [0.25, 0.3) is 5.70 Å². The van der Waals surface area contributed by atoms with E-state index in [2.05, 4.69) is 0 Å². The summed E-state index contributed by atoms with van der Waals surface area (Å²) in [6.07, 6.45) is 0. The third-order valence-electron chi connectivity index (χ3n) is 2.20. The van der Waals surface area contributed by atoms with Crippen LogP contribution in [0.1, 0.15) is 22.8 Å². The zero-order valence-corrected chi connectivity index (χ0v) is 9.10. The number of Topliss-reactive ketones (excluding diaryl/α,β-unsaturated/α-hetero) is 1. The van der Waals surface area contributed by atoms with Gasteiger partial charge in [-0.15, -0.1) is 0 Å². The summed E-state index contributed by atoms with van der Waals surface area (Å²) in [4.78, 5) is 21.7. The largest absolute Gasteiger partial charge is 0.477 e. The van der Waals surface area contributed by atoms with Gasteiger partial charge in [0, 0.05) is 5.56 Å². The second kappa shape index (κ2) is 4.94. The van der Waals surface area contributed by atoms with Crippen LogP contribution in [0.3, 0.4) is 0 Å². The molecule has 0 saturated carbocycles. The van der Waals surface area contributed by atoms with Gasteiger partial charge in [-0.1, -0.05) is 24.3 Å². The van der Waals surface area contributed by atoms with E-state index in [1.165, 1.54) is 37.3 Å². The number of nitrogens with zero attached hydrogens (tertiary/aromatic N) is 1. The second-order valence-corrected chi connectivity index (χ2v) is 3.34. The van der Waals surface area contributed by atoms with Crippen LogP contribution in [-0.4, -0.2) is 16.9 Å². The monoisotopic (exact) mass is 230 g/mol. The summed E-state index contributed by atoms with van der Waals surface area (Å²) in [7, 11) is 0. The van der Waals surface area contributed by atoms with Crippen LogP contribution in [0, 0.1) is 11.3 Å². The first-order valence-corrected chi connectivity index (χ1v) is 4.72. The number of hydrogen-bond donors (Lipinski definition) is 2. The number of ketones is 1. The third-order valence-corrected chi connectivity index (χ3v) is 2.20. The summed E-state index contributed by atoms with van der Waals surface area (Å²) in [5.41, 5.74) is 5.83. The standard InChI is InChI=1S/C12H10N2O3/c1-7(15)8-2-4-9(5-3-8)11(14)10(6-13)12(16)17/h2-5H,14H2,1H3,(H,16,17). The lowest BCUT2D eigenvalue weighted by atomic mass is 10.0. The van der Waals surface area contributed by atoms with Crippen LogP contribution in [0.4, 0.5) is 0 Å². The highest BCUT2D eigenvalue weighted by molar-refractivity contribution is 6.00. The lowest BCUT2D eigenvalue weighted by molar-refractivity contribution is -0.132. The smallest absolute Gasteiger partial charge is 0.348 e. The number of rotatable bonds is 3. The van der Waals surface area contributed by atoms with E-state index in [0.29, 0.717) is 11.1 Å². The number of nitriles is 1. The first-order chi connectivity index (χ1) is 7.97. The van der Waals surface area contributed by atoms with Crippen LogP contribution in [0.5, 0.6) is 0 Å². The average Bonchev–Trinajstić information content (AvgIpc) is 2.29. The number of hydrogen-bond acceptors (Lipinski definition) is 4. The van der Waals surface area contributed by atoms with Crippen molar-refractivity contribution in [1.29, 1.82) is 5.26 Å². The van der Waals surface area contributed by atoms with Crippen molar-refractivity contribution in [2.45, 2.75) is 6.92 Å². The zero-order valence-electron chi connectivity index (χ0n) is 9.10. The normalized spacial score (nSPS) is 11.3. The van der Waals surface area contributed by atoms with E-state index in [1.807, 2.05) is 0 Å². The van der Waals surface area contributed by atoms with Gasteiger partial charge in [0.1, 0.15) is 6.07 Å². The maximum absolute atomic E-state index is 11.0. The van der Waals surface area contributed by atoms with Crippen molar-refractivity contribution in [3.8, 4) is 6.07 Å². The third kappa shape index (κ3) is 2.69. The summed E-state index contributed by atoms with van der Waals surface area (Å²) < 4.78 is 0. The Hall–Kier alpha value is -2.61. The molecule has 86 valence electrons. The molecular formula is C12H10N2O3.